The second-order valence-electron chi connectivity index (χ2n) is 3.44. The molecule has 1 aromatic rings. The van der Waals surface area contributed by atoms with Crippen LogP contribution in [0.4, 0.5) is 15.8 Å². The Kier molecular flexibility index (Phi) is 4.12. The number of anilines is 2. The van der Waals surface area contributed by atoms with Gasteiger partial charge < -0.3 is 11.1 Å². The van der Waals surface area contributed by atoms with Gasteiger partial charge in [0.2, 0.25) is 0 Å². The molecule has 6 heteroatoms. The minimum atomic E-state index is -3.00. The maximum atomic E-state index is 12.9. The lowest BCUT2D eigenvalue weighted by Gasteiger charge is -2.07. The van der Waals surface area contributed by atoms with Gasteiger partial charge in [0, 0.05) is 23.7 Å². The summed E-state index contributed by atoms with van der Waals surface area (Å²) in [4.78, 5) is 0. The minimum Gasteiger partial charge on any atom is -0.399 e. The first-order valence-electron chi connectivity index (χ1n) is 4.93. The van der Waals surface area contributed by atoms with Gasteiger partial charge in [-0.05, 0) is 18.2 Å². The molecule has 0 aliphatic heterocycles. The molecule has 0 aliphatic rings. The summed E-state index contributed by atoms with van der Waals surface area (Å²) in [6, 6.07) is 4.03. The van der Waals surface area contributed by atoms with Gasteiger partial charge in [-0.15, -0.1) is 0 Å². The zero-order valence-electron chi connectivity index (χ0n) is 9.03. The molecular weight excluding hydrogens is 231 g/mol. The van der Waals surface area contributed by atoms with Crippen molar-refractivity contribution in [2.24, 2.45) is 0 Å². The van der Waals surface area contributed by atoms with Crippen LogP contribution in [0.25, 0.3) is 0 Å². The molecule has 1 aromatic carbocycles. The molecule has 4 nitrogen and oxygen atoms in total. The molecule has 1 rings (SSSR count). The summed E-state index contributed by atoms with van der Waals surface area (Å²) in [5.74, 6) is -0.305. The summed E-state index contributed by atoms with van der Waals surface area (Å²) in [6.45, 7) is 1.84. The van der Waals surface area contributed by atoms with Gasteiger partial charge in [0.15, 0.2) is 9.84 Å². The fourth-order valence-corrected chi connectivity index (χ4v) is 1.91. The molecule has 0 bridgehead atoms. The number of hydrogen-bond donors (Lipinski definition) is 2. The van der Waals surface area contributed by atoms with Crippen molar-refractivity contribution in [2.75, 3.05) is 29.1 Å². The van der Waals surface area contributed by atoms with E-state index in [0.29, 0.717) is 11.4 Å². The van der Waals surface area contributed by atoms with E-state index >= 15 is 0 Å². The highest BCUT2D eigenvalue weighted by Gasteiger charge is 2.06. The third-order valence-electron chi connectivity index (χ3n) is 2.10. The topological polar surface area (TPSA) is 72.2 Å². The third kappa shape index (κ3) is 4.06. The van der Waals surface area contributed by atoms with Crippen molar-refractivity contribution in [1.29, 1.82) is 0 Å². The second kappa shape index (κ2) is 5.16. The van der Waals surface area contributed by atoms with E-state index < -0.39 is 15.7 Å². The van der Waals surface area contributed by atoms with Gasteiger partial charge in [-0.1, -0.05) is 6.92 Å². The average molecular weight is 246 g/mol. The van der Waals surface area contributed by atoms with Crippen LogP contribution in [0.2, 0.25) is 0 Å². The summed E-state index contributed by atoms with van der Waals surface area (Å²) in [7, 11) is -3.00. The maximum absolute atomic E-state index is 12.9. The van der Waals surface area contributed by atoms with E-state index in [9.17, 15) is 12.8 Å². The summed E-state index contributed by atoms with van der Waals surface area (Å²) in [6.07, 6.45) is 0. The Morgan fingerprint density at radius 2 is 2.06 bits per heavy atom. The van der Waals surface area contributed by atoms with E-state index in [0.717, 1.165) is 0 Å². The maximum Gasteiger partial charge on any atom is 0.151 e. The number of hydrogen-bond acceptors (Lipinski definition) is 4. The molecule has 0 saturated carbocycles. The van der Waals surface area contributed by atoms with Gasteiger partial charge in [0.25, 0.3) is 0 Å². The fraction of sp³-hybridized carbons (Fsp3) is 0.400. The zero-order valence-corrected chi connectivity index (χ0v) is 9.85. The molecule has 0 radical (unpaired) electrons. The third-order valence-corrected chi connectivity index (χ3v) is 3.81. The number of rotatable bonds is 5. The molecule has 16 heavy (non-hydrogen) atoms. The number of nitrogens with one attached hydrogen (secondary N) is 1. The minimum absolute atomic E-state index is 0.0277. The van der Waals surface area contributed by atoms with Crippen LogP contribution >= 0.6 is 0 Å². The molecule has 0 atom stereocenters. The number of nitrogens with two attached hydrogens (primary N) is 1. The predicted molar refractivity (Wildman–Crippen MR) is 63.6 cm³/mol. The lowest BCUT2D eigenvalue weighted by Crippen LogP contribution is -2.17. The van der Waals surface area contributed by atoms with Gasteiger partial charge >= 0.3 is 0 Å². The van der Waals surface area contributed by atoms with E-state index in [4.69, 9.17) is 5.73 Å². The molecule has 0 unspecified atom stereocenters. The number of halogens is 1. The Morgan fingerprint density at radius 3 is 2.62 bits per heavy atom. The van der Waals surface area contributed by atoms with Crippen LogP contribution in [0.3, 0.4) is 0 Å². The van der Waals surface area contributed by atoms with E-state index in [1.807, 2.05) is 0 Å². The van der Waals surface area contributed by atoms with Crippen molar-refractivity contribution in [3.05, 3.63) is 24.0 Å². The second-order valence-corrected chi connectivity index (χ2v) is 5.91. The van der Waals surface area contributed by atoms with Crippen LogP contribution in [0, 0.1) is 5.82 Å². The molecule has 0 heterocycles. The Morgan fingerprint density at radius 1 is 1.38 bits per heavy atom. The first-order valence-corrected chi connectivity index (χ1v) is 6.75. The van der Waals surface area contributed by atoms with Gasteiger partial charge in [-0.2, -0.15) is 0 Å². The highest BCUT2D eigenvalue weighted by molar-refractivity contribution is 7.91. The lowest BCUT2D eigenvalue weighted by atomic mass is 10.2. The zero-order chi connectivity index (χ0) is 12.2. The summed E-state index contributed by atoms with van der Waals surface area (Å²) >= 11 is 0. The van der Waals surface area contributed by atoms with Crippen LogP contribution in [0.15, 0.2) is 18.2 Å². The molecule has 0 amide bonds. The van der Waals surface area contributed by atoms with Crippen LogP contribution in [0.1, 0.15) is 6.92 Å². The Balaban J connectivity index is 2.55. The molecular formula is C10H15FN2O2S. The van der Waals surface area contributed by atoms with Crippen molar-refractivity contribution < 1.29 is 12.8 Å². The van der Waals surface area contributed by atoms with Crippen molar-refractivity contribution in [3.63, 3.8) is 0 Å². The molecule has 0 aromatic heterocycles. The summed E-state index contributed by atoms with van der Waals surface area (Å²) in [5.41, 5.74) is 6.24. The Bertz CT molecular complexity index is 440. The van der Waals surface area contributed by atoms with Gasteiger partial charge in [-0.3, -0.25) is 0 Å². The molecule has 0 spiro atoms. The highest BCUT2D eigenvalue weighted by atomic mass is 32.2. The van der Waals surface area contributed by atoms with E-state index in [1.165, 1.54) is 12.1 Å². The van der Waals surface area contributed by atoms with Gasteiger partial charge in [-0.25, -0.2) is 12.8 Å². The standard InChI is InChI=1S/C10H15FN2O2S/c1-2-16(14,15)4-3-13-10-6-8(11)5-9(12)7-10/h5-7,13H,2-4,12H2,1H3. The summed E-state index contributed by atoms with van der Waals surface area (Å²) in [5, 5.41) is 2.82. The molecule has 0 fully saturated rings. The van der Waals surface area contributed by atoms with Crippen molar-refractivity contribution in [1.82, 2.24) is 0 Å². The van der Waals surface area contributed by atoms with Crippen LogP contribution in [0.5, 0.6) is 0 Å². The van der Waals surface area contributed by atoms with Gasteiger partial charge in [0.1, 0.15) is 5.82 Å². The van der Waals surface area contributed by atoms with E-state index in [2.05, 4.69) is 5.32 Å². The molecule has 90 valence electrons. The normalized spacial score (nSPS) is 11.4. The van der Waals surface area contributed by atoms with Crippen LogP contribution < -0.4 is 11.1 Å². The SMILES string of the molecule is CCS(=O)(=O)CCNc1cc(N)cc(F)c1. The molecule has 0 aliphatic carbocycles. The molecule has 0 saturated heterocycles. The monoisotopic (exact) mass is 246 g/mol. The average Bonchev–Trinajstić information content (AvgIpc) is 2.16. The van der Waals surface area contributed by atoms with E-state index in [1.54, 1.807) is 13.0 Å². The Labute approximate surface area is 94.6 Å². The lowest BCUT2D eigenvalue weighted by molar-refractivity contribution is 0.597. The Hall–Kier alpha value is -1.30. The number of nitrogen functional groups attached to an aromatic ring is 1. The van der Waals surface area contributed by atoms with Crippen molar-refractivity contribution >= 4 is 21.2 Å². The first-order chi connectivity index (χ1) is 7.43. The van der Waals surface area contributed by atoms with Gasteiger partial charge in [0.05, 0.1) is 5.75 Å². The number of benzene rings is 1. The quantitative estimate of drug-likeness (QED) is 0.767. The smallest absolute Gasteiger partial charge is 0.151 e. The molecule has 3 N–H and O–H groups in total. The largest absolute Gasteiger partial charge is 0.399 e. The summed E-state index contributed by atoms with van der Waals surface area (Å²) < 4.78 is 35.3. The van der Waals surface area contributed by atoms with Crippen LogP contribution in [-0.4, -0.2) is 26.5 Å². The number of sulfone groups is 1. The van der Waals surface area contributed by atoms with E-state index in [-0.39, 0.29) is 18.1 Å². The van der Waals surface area contributed by atoms with Crippen molar-refractivity contribution in [3.8, 4) is 0 Å². The van der Waals surface area contributed by atoms with Crippen LogP contribution in [-0.2, 0) is 9.84 Å². The highest BCUT2D eigenvalue weighted by Crippen LogP contribution is 2.14. The fourth-order valence-electron chi connectivity index (χ4n) is 1.21. The predicted octanol–water partition coefficient (Wildman–Crippen LogP) is 1.25. The van der Waals surface area contributed by atoms with Crippen molar-refractivity contribution in [2.45, 2.75) is 6.92 Å². The first kappa shape index (κ1) is 12.8.